The Hall–Kier alpha value is -1.33. The van der Waals surface area contributed by atoms with Crippen molar-refractivity contribution in [1.82, 2.24) is 9.88 Å². The van der Waals surface area contributed by atoms with Crippen molar-refractivity contribution >= 4 is 5.91 Å². The van der Waals surface area contributed by atoms with Crippen LogP contribution in [0.25, 0.3) is 0 Å². The lowest BCUT2D eigenvalue weighted by Gasteiger charge is -2.06. The lowest BCUT2D eigenvalue weighted by Crippen LogP contribution is -2.37. The predicted molar refractivity (Wildman–Crippen MR) is 57.0 cm³/mol. The van der Waals surface area contributed by atoms with E-state index in [0.29, 0.717) is 6.54 Å². The standard InChI is InChI=1S/C10H17N3O2/c1-2-13-4-3-8(7-13)5-12-6-9(14)10(11)15/h3-4,7,9,12,14H,2,5-6H2,1H3,(H2,11,15). The summed E-state index contributed by atoms with van der Waals surface area (Å²) in [5, 5.41) is 12.1. The van der Waals surface area contributed by atoms with E-state index < -0.39 is 12.0 Å². The average Bonchev–Trinajstić information content (AvgIpc) is 2.65. The highest BCUT2D eigenvalue weighted by molar-refractivity contribution is 5.78. The fourth-order valence-electron chi connectivity index (χ4n) is 1.25. The smallest absolute Gasteiger partial charge is 0.247 e. The molecule has 0 fully saturated rings. The first-order chi connectivity index (χ1) is 7.13. The topological polar surface area (TPSA) is 80.3 Å². The van der Waals surface area contributed by atoms with Crippen LogP contribution in [0.5, 0.6) is 0 Å². The van der Waals surface area contributed by atoms with Crippen molar-refractivity contribution in [1.29, 1.82) is 0 Å². The summed E-state index contributed by atoms with van der Waals surface area (Å²) in [6.07, 6.45) is 2.89. The van der Waals surface area contributed by atoms with Gasteiger partial charge in [-0.1, -0.05) is 0 Å². The maximum absolute atomic E-state index is 10.5. The van der Waals surface area contributed by atoms with Gasteiger partial charge in [-0.15, -0.1) is 0 Å². The Bertz CT molecular complexity index is 322. The molecule has 0 spiro atoms. The Balaban J connectivity index is 2.28. The van der Waals surface area contributed by atoms with Gasteiger partial charge < -0.3 is 20.7 Å². The molecule has 0 aliphatic heterocycles. The quantitative estimate of drug-likeness (QED) is 0.590. The summed E-state index contributed by atoms with van der Waals surface area (Å²) >= 11 is 0. The SMILES string of the molecule is CCn1ccc(CNCC(O)C(N)=O)c1. The number of hydrogen-bond donors (Lipinski definition) is 3. The second-order valence-electron chi connectivity index (χ2n) is 3.40. The summed E-state index contributed by atoms with van der Waals surface area (Å²) in [5.74, 6) is -0.700. The van der Waals surface area contributed by atoms with Crippen LogP contribution in [-0.4, -0.2) is 28.2 Å². The van der Waals surface area contributed by atoms with Crippen molar-refractivity contribution in [2.75, 3.05) is 6.54 Å². The van der Waals surface area contributed by atoms with E-state index in [2.05, 4.69) is 16.8 Å². The molecule has 0 radical (unpaired) electrons. The van der Waals surface area contributed by atoms with E-state index in [-0.39, 0.29) is 6.54 Å². The van der Waals surface area contributed by atoms with Gasteiger partial charge in [-0.3, -0.25) is 4.79 Å². The van der Waals surface area contributed by atoms with Crippen LogP contribution in [0.2, 0.25) is 0 Å². The third-order valence-corrected chi connectivity index (χ3v) is 2.17. The van der Waals surface area contributed by atoms with E-state index in [0.717, 1.165) is 12.1 Å². The molecular weight excluding hydrogens is 194 g/mol. The number of aliphatic hydroxyl groups is 1. The number of aliphatic hydroxyl groups excluding tert-OH is 1. The van der Waals surface area contributed by atoms with Crippen LogP contribution in [0, 0.1) is 0 Å². The molecule has 1 rings (SSSR count). The van der Waals surface area contributed by atoms with Gasteiger partial charge in [-0.25, -0.2) is 0 Å². The van der Waals surface area contributed by atoms with Gasteiger partial charge in [0.25, 0.3) is 0 Å². The third kappa shape index (κ3) is 3.73. The number of aromatic nitrogens is 1. The summed E-state index contributed by atoms with van der Waals surface area (Å²) in [5.41, 5.74) is 6.03. The van der Waals surface area contributed by atoms with Gasteiger partial charge in [0.2, 0.25) is 5.91 Å². The van der Waals surface area contributed by atoms with Gasteiger partial charge in [0.05, 0.1) is 0 Å². The zero-order valence-electron chi connectivity index (χ0n) is 8.81. The highest BCUT2D eigenvalue weighted by Crippen LogP contribution is 2.00. The van der Waals surface area contributed by atoms with Crippen molar-refractivity contribution < 1.29 is 9.90 Å². The lowest BCUT2D eigenvalue weighted by molar-refractivity contribution is -0.125. The number of carbonyl (C=O) groups excluding carboxylic acids is 1. The molecule has 1 aromatic heterocycles. The van der Waals surface area contributed by atoms with Crippen LogP contribution in [0.4, 0.5) is 0 Å². The average molecular weight is 211 g/mol. The minimum Gasteiger partial charge on any atom is -0.382 e. The summed E-state index contributed by atoms with van der Waals surface area (Å²) in [4.78, 5) is 10.5. The number of amides is 1. The molecule has 1 aromatic rings. The Morgan fingerprint density at radius 1 is 1.73 bits per heavy atom. The molecule has 4 N–H and O–H groups in total. The molecule has 0 saturated carbocycles. The van der Waals surface area contributed by atoms with Crippen LogP contribution in [0.3, 0.4) is 0 Å². The normalized spacial score (nSPS) is 12.7. The van der Waals surface area contributed by atoms with Gasteiger partial charge in [0, 0.05) is 32.0 Å². The van der Waals surface area contributed by atoms with Crippen molar-refractivity contribution in [3.8, 4) is 0 Å². The first-order valence-electron chi connectivity index (χ1n) is 4.96. The highest BCUT2D eigenvalue weighted by Gasteiger charge is 2.09. The molecule has 15 heavy (non-hydrogen) atoms. The molecule has 0 saturated heterocycles. The van der Waals surface area contributed by atoms with Crippen molar-refractivity contribution in [3.63, 3.8) is 0 Å². The van der Waals surface area contributed by atoms with E-state index in [4.69, 9.17) is 10.8 Å². The summed E-state index contributed by atoms with van der Waals surface area (Å²) in [7, 11) is 0. The number of primary amides is 1. The molecule has 5 heteroatoms. The summed E-state index contributed by atoms with van der Waals surface area (Å²) in [6.45, 7) is 3.81. The number of nitrogens with zero attached hydrogens (tertiary/aromatic N) is 1. The number of nitrogens with two attached hydrogens (primary N) is 1. The lowest BCUT2D eigenvalue weighted by atomic mass is 10.3. The third-order valence-electron chi connectivity index (χ3n) is 2.17. The number of hydrogen-bond acceptors (Lipinski definition) is 3. The first-order valence-corrected chi connectivity index (χ1v) is 4.96. The fourth-order valence-corrected chi connectivity index (χ4v) is 1.25. The van der Waals surface area contributed by atoms with Gasteiger partial charge >= 0.3 is 0 Å². The Kier molecular flexibility index (Phi) is 4.33. The molecule has 1 amide bonds. The number of rotatable bonds is 6. The van der Waals surface area contributed by atoms with Gasteiger partial charge in [-0.2, -0.15) is 0 Å². The van der Waals surface area contributed by atoms with Gasteiger partial charge in [0.15, 0.2) is 0 Å². The minimum atomic E-state index is -1.11. The van der Waals surface area contributed by atoms with Crippen molar-refractivity contribution in [2.45, 2.75) is 26.1 Å². The Morgan fingerprint density at radius 3 is 3.00 bits per heavy atom. The van der Waals surface area contributed by atoms with Gasteiger partial charge in [-0.05, 0) is 18.6 Å². The molecule has 0 aliphatic carbocycles. The fraction of sp³-hybridized carbons (Fsp3) is 0.500. The van der Waals surface area contributed by atoms with Crippen LogP contribution in [-0.2, 0) is 17.9 Å². The van der Waals surface area contributed by atoms with E-state index in [1.807, 2.05) is 18.5 Å². The van der Waals surface area contributed by atoms with Gasteiger partial charge in [0.1, 0.15) is 6.10 Å². The van der Waals surface area contributed by atoms with Crippen LogP contribution >= 0.6 is 0 Å². The van der Waals surface area contributed by atoms with Crippen molar-refractivity contribution in [2.24, 2.45) is 5.73 Å². The first kappa shape index (κ1) is 11.7. The molecule has 0 bridgehead atoms. The number of nitrogens with one attached hydrogen (secondary N) is 1. The number of carbonyl (C=O) groups is 1. The zero-order valence-corrected chi connectivity index (χ0v) is 8.81. The maximum Gasteiger partial charge on any atom is 0.247 e. The highest BCUT2D eigenvalue weighted by atomic mass is 16.3. The molecule has 0 aliphatic rings. The van der Waals surface area contributed by atoms with Crippen LogP contribution in [0.1, 0.15) is 12.5 Å². The molecular formula is C10H17N3O2. The summed E-state index contributed by atoms with van der Waals surface area (Å²) < 4.78 is 2.06. The van der Waals surface area contributed by atoms with Crippen LogP contribution in [0.15, 0.2) is 18.5 Å². The Labute approximate surface area is 88.9 Å². The zero-order chi connectivity index (χ0) is 11.3. The largest absolute Gasteiger partial charge is 0.382 e. The second kappa shape index (κ2) is 5.53. The molecule has 0 aromatic carbocycles. The molecule has 84 valence electrons. The summed E-state index contributed by atoms with van der Waals surface area (Å²) in [6, 6.07) is 1.99. The van der Waals surface area contributed by atoms with E-state index in [9.17, 15) is 4.79 Å². The predicted octanol–water partition coefficient (Wildman–Crippen LogP) is -0.556. The minimum absolute atomic E-state index is 0.187. The maximum atomic E-state index is 10.5. The molecule has 5 nitrogen and oxygen atoms in total. The molecule has 1 unspecified atom stereocenters. The van der Waals surface area contributed by atoms with E-state index in [1.54, 1.807) is 0 Å². The monoisotopic (exact) mass is 211 g/mol. The van der Waals surface area contributed by atoms with E-state index in [1.165, 1.54) is 0 Å². The van der Waals surface area contributed by atoms with Crippen molar-refractivity contribution in [3.05, 3.63) is 24.0 Å². The Morgan fingerprint density at radius 2 is 2.47 bits per heavy atom. The molecule has 1 heterocycles. The number of aryl methyl sites for hydroxylation is 1. The molecule has 1 atom stereocenters. The van der Waals surface area contributed by atoms with Crippen LogP contribution < -0.4 is 11.1 Å². The van der Waals surface area contributed by atoms with E-state index >= 15 is 0 Å². The second-order valence-corrected chi connectivity index (χ2v) is 3.40.